The Hall–Kier alpha value is -1.81. The summed E-state index contributed by atoms with van der Waals surface area (Å²) in [6, 6.07) is 7.57. The van der Waals surface area contributed by atoms with Crippen molar-refractivity contribution in [2.45, 2.75) is 19.4 Å². The van der Waals surface area contributed by atoms with Gasteiger partial charge in [0.25, 0.3) is 0 Å². The molecule has 0 fully saturated rings. The van der Waals surface area contributed by atoms with E-state index < -0.39 is 0 Å². The number of anilines is 1. The van der Waals surface area contributed by atoms with Crippen LogP contribution in [-0.2, 0) is 4.79 Å². The van der Waals surface area contributed by atoms with Crippen molar-refractivity contribution < 1.29 is 9.53 Å². The number of benzene rings is 1. The molecule has 0 aliphatic heterocycles. The average Bonchev–Trinajstić information content (AvgIpc) is 2.37. The molecule has 0 aliphatic rings. The van der Waals surface area contributed by atoms with E-state index in [4.69, 9.17) is 4.74 Å². The maximum Gasteiger partial charge on any atom is 0.238 e. The van der Waals surface area contributed by atoms with Crippen molar-refractivity contribution in [3.05, 3.63) is 36.9 Å². The van der Waals surface area contributed by atoms with Crippen molar-refractivity contribution in [2.24, 2.45) is 0 Å². The highest BCUT2D eigenvalue weighted by Crippen LogP contribution is 2.22. The SMILES string of the molecule is C=CCC(C)NCC(=O)Nc1ccccc1OC. The van der Waals surface area contributed by atoms with Gasteiger partial charge in [-0.15, -0.1) is 6.58 Å². The fourth-order valence-corrected chi connectivity index (χ4v) is 1.54. The molecule has 0 aromatic heterocycles. The predicted octanol–water partition coefficient (Wildman–Crippen LogP) is 2.19. The van der Waals surface area contributed by atoms with Gasteiger partial charge in [-0.1, -0.05) is 18.2 Å². The molecule has 2 N–H and O–H groups in total. The van der Waals surface area contributed by atoms with Crippen LogP contribution in [0.2, 0.25) is 0 Å². The van der Waals surface area contributed by atoms with E-state index in [0.717, 1.165) is 6.42 Å². The van der Waals surface area contributed by atoms with Gasteiger partial charge >= 0.3 is 0 Å². The maximum atomic E-state index is 11.7. The summed E-state index contributed by atoms with van der Waals surface area (Å²) in [4.78, 5) is 11.7. The third-order valence-corrected chi connectivity index (χ3v) is 2.51. The fraction of sp³-hybridized carbons (Fsp3) is 0.357. The van der Waals surface area contributed by atoms with Crippen LogP contribution >= 0.6 is 0 Å². The summed E-state index contributed by atoms with van der Waals surface area (Å²) >= 11 is 0. The summed E-state index contributed by atoms with van der Waals surface area (Å²) in [5, 5.41) is 5.92. The Balaban J connectivity index is 2.46. The summed E-state index contributed by atoms with van der Waals surface area (Å²) in [6.07, 6.45) is 2.66. The van der Waals surface area contributed by atoms with Crippen LogP contribution in [0.15, 0.2) is 36.9 Å². The highest BCUT2D eigenvalue weighted by molar-refractivity contribution is 5.93. The van der Waals surface area contributed by atoms with Crippen LogP contribution in [0.3, 0.4) is 0 Å². The number of carbonyl (C=O) groups excluding carboxylic acids is 1. The number of hydrogen-bond acceptors (Lipinski definition) is 3. The van der Waals surface area contributed by atoms with E-state index in [0.29, 0.717) is 11.4 Å². The lowest BCUT2D eigenvalue weighted by Crippen LogP contribution is -2.34. The molecular formula is C14H20N2O2. The number of amides is 1. The molecular weight excluding hydrogens is 228 g/mol. The van der Waals surface area contributed by atoms with Crippen LogP contribution in [0, 0.1) is 0 Å². The zero-order chi connectivity index (χ0) is 13.4. The van der Waals surface area contributed by atoms with Crippen LogP contribution in [-0.4, -0.2) is 25.6 Å². The largest absolute Gasteiger partial charge is 0.495 e. The Kier molecular flexibility index (Phi) is 5.94. The van der Waals surface area contributed by atoms with E-state index in [-0.39, 0.29) is 18.5 Å². The van der Waals surface area contributed by atoms with Crippen LogP contribution in [0.1, 0.15) is 13.3 Å². The molecule has 1 aromatic rings. The first-order valence-corrected chi connectivity index (χ1v) is 5.94. The van der Waals surface area contributed by atoms with Gasteiger partial charge in [-0.2, -0.15) is 0 Å². The second-order valence-electron chi connectivity index (χ2n) is 4.05. The molecule has 0 spiro atoms. The van der Waals surface area contributed by atoms with Crippen LogP contribution in [0.5, 0.6) is 5.75 Å². The summed E-state index contributed by atoms with van der Waals surface area (Å²) in [6.45, 7) is 5.94. The Morgan fingerprint density at radius 3 is 2.89 bits per heavy atom. The molecule has 98 valence electrons. The monoisotopic (exact) mass is 248 g/mol. The van der Waals surface area contributed by atoms with Gasteiger partial charge in [0.1, 0.15) is 5.75 Å². The van der Waals surface area contributed by atoms with Gasteiger partial charge in [0.15, 0.2) is 0 Å². The third-order valence-electron chi connectivity index (χ3n) is 2.51. The minimum Gasteiger partial charge on any atom is -0.495 e. The summed E-state index contributed by atoms with van der Waals surface area (Å²) < 4.78 is 5.16. The van der Waals surface area contributed by atoms with Crippen molar-refractivity contribution in [3.63, 3.8) is 0 Å². The molecule has 18 heavy (non-hydrogen) atoms. The van der Waals surface area contributed by atoms with Crippen LogP contribution in [0.4, 0.5) is 5.69 Å². The molecule has 4 heteroatoms. The van der Waals surface area contributed by atoms with E-state index in [1.54, 1.807) is 7.11 Å². The Bertz CT molecular complexity index is 405. The smallest absolute Gasteiger partial charge is 0.238 e. The third kappa shape index (κ3) is 4.59. The lowest BCUT2D eigenvalue weighted by Gasteiger charge is -2.13. The number of hydrogen-bond donors (Lipinski definition) is 2. The van der Waals surface area contributed by atoms with Crippen LogP contribution < -0.4 is 15.4 Å². The Morgan fingerprint density at radius 1 is 1.50 bits per heavy atom. The van der Waals surface area contributed by atoms with Gasteiger partial charge in [0.2, 0.25) is 5.91 Å². The molecule has 1 unspecified atom stereocenters. The predicted molar refractivity (Wildman–Crippen MR) is 73.9 cm³/mol. The number of rotatable bonds is 7. The van der Waals surface area contributed by atoms with E-state index in [9.17, 15) is 4.79 Å². The molecule has 1 aromatic carbocycles. The molecule has 1 rings (SSSR count). The van der Waals surface area contributed by atoms with Crippen molar-refractivity contribution in [2.75, 3.05) is 19.0 Å². The quantitative estimate of drug-likeness (QED) is 0.727. The topological polar surface area (TPSA) is 50.4 Å². The lowest BCUT2D eigenvalue weighted by molar-refractivity contribution is -0.115. The summed E-state index contributed by atoms with van der Waals surface area (Å²) in [5.74, 6) is 0.570. The molecule has 0 heterocycles. The summed E-state index contributed by atoms with van der Waals surface area (Å²) in [7, 11) is 1.58. The normalized spacial score (nSPS) is 11.7. The summed E-state index contributed by atoms with van der Waals surface area (Å²) in [5.41, 5.74) is 0.683. The number of ether oxygens (including phenoxy) is 1. The first-order valence-electron chi connectivity index (χ1n) is 5.94. The van der Waals surface area contributed by atoms with E-state index in [1.807, 2.05) is 37.3 Å². The van der Waals surface area contributed by atoms with Gasteiger partial charge in [0, 0.05) is 6.04 Å². The van der Waals surface area contributed by atoms with Gasteiger partial charge in [-0.25, -0.2) is 0 Å². The zero-order valence-electron chi connectivity index (χ0n) is 10.9. The van der Waals surface area contributed by atoms with Gasteiger partial charge < -0.3 is 15.4 Å². The number of carbonyl (C=O) groups is 1. The number of para-hydroxylation sites is 2. The van der Waals surface area contributed by atoms with Gasteiger partial charge in [-0.3, -0.25) is 4.79 Å². The van der Waals surface area contributed by atoms with E-state index in [2.05, 4.69) is 17.2 Å². The molecule has 0 saturated heterocycles. The van der Waals surface area contributed by atoms with E-state index >= 15 is 0 Å². The average molecular weight is 248 g/mol. The lowest BCUT2D eigenvalue weighted by atomic mass is 10.2. The van der Waals surface area contributed by atoms with Gasteiger partial charge in [-0.05, 0) is 25.5 Å². The van der Waals surface area contributed by atoms with Crippen molar-refractivity contribution >= 4 is 11.6 Å². The van der Waals surface area contributed by atoms with Crippen molar-refractivity contribution in [1.82, 2.24) is 5.32 Å². The number of nitrogens with one attached hydrogen (secondary N) is 2. The molecule has 1 atom stereocenters. The van der Waals surface area contributed by atoms with Crippen LogP contribution in [0.25, 0.3) is 0 Å². The molecule has 0 saturated carbocycles. The Morgan fingerprint density at radius 2 is 2.22 bits per heavy atom. The number of methoxy groups -OCH3 is 1. The van der Waals surface area contributed by atoms with Gasteiger partial charge in [0.05, 0.1) is 19.3 Å². The Labute approximate surface area is 108 Å². The minimum atomic E-state index is -0.0876. The highest BCUT2D eigenvalue weighted by atomic mass is 16.5. The van der Waals surface area contributed by atoms with Crippen molar-refractivity contribution in [3.8, 4) is 5.75 Å². The second kappa shape index (κ2) is 7.50. The first-order chi connectivity index (χ1) is 8.67. The fourth-order valence-electron chi connectivity index (χ4n) is 1.54. The maximum absolute atomic E-state index is 11.7. The highest BCUT2D eigenvalue weighted by Gasteiger charge is 2.07. The molecule has 0 aliphatic carbocycles. The molecule has 0 radical (unpaired) electrons. The molecule has 1 amide bonds. The second-order valence-corrected chi connectivity index (χ2v) is 4.05. The standard InChI is InChI=1S/C14H20N2O2/c1-4-7-11(2)15-10-14(17)16-12-8-5-6-9-13(12)18-3/h4-6,8-9,11,15H,1,7,10H2,2-3H3,(H,16,17). The molecule has 0 bridgehead atoms. The minimum absolute atomic E-state index is 0.0876. The van der Waals surface area contributed by atoms with E-state index in [1.165, 1.54) is 0 Å². The first kappa shape index (κ1) is 14.3. The molecule has 4 nitrogen and oxygen atoms in total. The van der Waals surface area contributed by atoms with Crippen molar-refractivity contribution in [1.29, 1.82) is 0 Å². The zero-order valence-corrected chi connectivity index (χ0v) is 10.9.